The van der Waals surface area contributed by atoms with Crippen LogP contribution in [0.3, 0.4) is 0 Å². The zero-order chi connectivity index (χ0) is 15.5. The second kappa shape index (κ2) is 6.80. The van der Waals surface area contributed by atoms with E-state index < -0.39 is 0 Å². The number of carbonyl (C=O) groups is 2. The van der Waals surface area contributed by atoms with Crippen molar-refractivity contribution in [2.75, 3.05) is 13.2 Å². The van der Waals surface area contributed by atoms with E-state index in [9.17, 15) is 9.59 Å². The lowest BCUT2D eigenvalue weighted by Gasteiger charge is -2.33. The van der Waals surface area contributed by atoms with Crippen LogP contribution in [0.1, 0.15) is 42.5 Å². The first-order valence-corrected chi connectivity index (χ1v) is 8.21. The fourth-order valence-corrected chi connectivity index (χ4v) is 3.63. The molecule has 2 fully saturated rings. The van der Waals surface area contributed by atoms with Gasteiger partial charge in [0, 0.05) is 36.5 Å². The van der Waals surface area contributed by atoms with Gasteiger partial charge in [-0.2, -0.15) is 0 Å². The van der Waals surface area contributed by atoms with Crippen molar-refractivity contribution in [1.29, 1.82) is 0 Å². The highest BCUT2D eigenvalue weighted by atomic mass is 35.5. The van der Waals surface area contributed by atoms with Crippen LogP contribution >= 0.6 is 11.6 Å². The Morgan fingerprint density at radius 3 is 2.45 bits per heavy atom. The number of rotatable bonds is 5. The average Bonchev–Trinajstić information content (AvgIpc) is 2.74. The molecule has 2 heterocycles. The zero-order valence-electron chi connectivity index (χ0n) is 12.5. The van der Waals surface area contributed by atoms with Gasteiger partial charge in [-0.1, -0.05) is 11.6 Å². The number of ether oxygens (including phenoxy) is 1. The molecule has 2 aliphatic rings. The van der Waals surface area contributed by atoms with Crippen molar-refractivity contribution in [3.63, 3.8) is 0 Å². The van der Waals surface area contributed by atoms with Gasteiger partial charge in [0.25, 0.3) is 0 Å². The van der Waals surface area contributed by atoms with E-state index in [1.54, 1.807) is 24.3 Å². The van der Waals surface area contributed by atoms with Crippen LogP contribution in [0.4, 0.5) is 0 Å². The van der Waals surface area contributed by atoms with Crippen molar-refractivity contribution in [1.82, 2.24) is 4.90 Å². The highest BCUT2D eigenvalue weighted by Gasteiger charge is 2.39. The highest BCUT2D eigenvalue weighted by molar-refractivity contribution is 6.30. The Morgan fingerprint density at radius 2 is 1.82 bits per heavy atom. The Bertz CT molecular complexity index is 542. The molecule has 0 aliphatic carbocycles. The topological polar surface area (TPSA) is 46.6 Å². The van der Waals surface area contributed by atoms with Gasteiger partial charge in [-0.3, -0.25) is 9.69 Å². The lowest BCUT2D eigenvalue weighted by Crippen LogP contribution is -2.43. The Labute approximate surface area is 135 Å². The van der Waals surface area contributed by atoms with E-state index in [2.05, 4.69) is 4.90 Å². The lowest BCUT2D eigenvalue weighted by atomic mass is 10.0. The van der Waals surface area contributed by atoms with Crippen LogP contribution in [-0.2, 0) is 9.53 Å². The molecule has 2 saturated heterocycles. The van der Waals surface area contributed by atoms with Gasteiger partial charge >= 0.3 is 5.97 Å². The van der Waals surface area contributed by atoms with E-state index in [0.29, 0.717) is 47.9 Å². The Balaban J connectivity index is 1.41. The summed E-state index contributed by atoms with van der Waals surface area (Å²) in [6.45, 7) is 1.31. The maximum Gasteiger partial charge on any atom is 0.338 e. The summed E-state index contributed by atoms with van der Waals surface area (Å²) in [5.41, 5.74) is 0.521. The van der Waals surface area contributed by atoms with Crippen molar-refractivity contribution in [3.8, 4) is 0 Å². The van der Waals surface area contributed by atoms with Gasteiger partial charge in [-0.05, 0) is 43.5 Å². The standard InChI is InChI=1S/C17H20ClNO3/c18-13-4-2-12(3-5-13)17(21)22-9-1-8-19-14-6-7-15(19)11-16(20)10-14/h2-5,14-15H,1,6-11H2/t14-,15+. The summed E-state index contributed by atoms with van der Waals surface area (Å²) in [5.74, 6) is 0.0892. The van der Waals surface area contributed by atoms with Crippen LogP contribution in [-0.4, -0.2) is 41.9 Å². The number of hydrogen-bond acceptors (Lipinski definition) is 4. The first kappa shape index (κ1) is 15.5. The van der Waals surface area contributed by atoms with Gasteiger partial charge in [0.05, 0.1) is 12.2 Å². The average molecular weight is 322 g/mol. The number of Topliss-reactive ketones (excluding diaryl/α,β-unsaturated/α-hetero) is 1. The monoisotopic (exact) mass is 321 g/mol. The predicted octanol–water partition coefficient (Wildman–Crippen LogP) is 3.08. The quantitative estimate of drug-likeness (QED) is 0.617. The second-order valence-electron chi connectivity index (χ2n) is 6.07. The van der Waals surface area contributed by atoms with E-state index in [1.807, 2.05) is 0 Å². The minimum Gasteiger partial charge on any atom is -0.462 e. The minimum atomic E-state index is -0.312. The summed E-state index contributed by atoms with van der Waals surface area (Å²) in [4.78, 5) is 25.9. The van der Waals surface area contributed by atoms with Crippen LogP contribution in [0.25, 0.3) is 0 Å². The minimum absolute atomic E-state index is 0.312. The van der Waals surface area contributed by atoms with Gasteiger partial charge in [-0.25, -0.2) is 4.79 Å². The first-order chi connectivity index (χ1) is 10.6. The van der Waals surface area contributed by atoms with Crippen molar-refractivity contribution in [2.24, 2.45) is 0 Å². The maximum absolute atomic E-state index is 11.9. The molecule has 0 radical (unpaired) electrons. The normalized spacial score (nSPS) is 24.5. The molecule has 0 unspecified atom stereocenters. The van der Waals surface area contributed by atoms with E-state index in [-0.39, 0.29) is 5.97 Å². The van der Waals surface area contributed by atoms with Gasteiger partial charge < -0.3 is 4.74 Å². The Kier molecular flexibility index (Phi) is 4.79. The maximum atomic E-state index is 11.9. The lowest BCUT2D eigenvalue weighted by molar-refractivity contribution is -0.123. The number of nitrogens with zero attached hydrogens (tertiary/aromatic N) is 1. The van der Waals surface area contributed by atoms with Crippen molar-refractivity contribution in [2.45, 2.75) is 44.2 Å². The number of ketones is 1. The number of carbonyl (C=O) groups excluding carboxylic acids is 2. The number of esters is 1. The highest BCUT2D eigenvalue weighted by Crippen LogP contribution is 2.33. The summed E-state index contributed by atoms with van der Waals surface area (Å²) in [6, 6.07) is 7.53. The molecule has 1 aromatic carbocycles. The molecule has 4 nitrogen and oxygen atoms in total. The SMILES string of the molecule is O=C1C[C@H]2CC[C@@H](C1)N2CCCOC(=O)c1ccc(Cl)cc1. The summed E-state index contributed by atoms with van der Waals surface area (Å²) in [6.07, 6.45) is 4.45. The third-order valence-electron chi connectivity index (χ3n) is 4.57. The Hall–Kier alpha value is -1.39. The third-order valence-corrected chi connectivity index (χ3v) is 4.82. The number of benzene rings is 1. The predicted molar refractivity (Wildman–Crippen MR) is 84.1 cm³/mol. The molecule has 2 bridgehead atoms. The van der Waals surface area contributed by atoms with Gasteiger partial charge in [0.1, 0.15) is 5.78 Å². The fourth-order valence-electron chi connectivity index (χ4n) is 3.51. The van der Waals surface area contributed by atoms with E-state index >= 15 is 0 Å². The van der Waals surface area contributed by atoms with E-state index in [4.69, 9.17) is 16.3 Å². The second-order valence-corrected chi connectivity index (χ2v) is 6.50. The number of fused-ring (bicyclic) bond motifs is 2. The molecule has 3 rings (SSSR count). The molecule has 0 N–H and O–H groups in total. The van der Waals surface area contributed by atoms with Crippen LogP contribution in [0.15, 0.2) is 24.3 Å². The van der Waals surface area contributed by atoms with E-state index in [1.165, 1.54) is 0 Å². The van der Waals surface area contributed by atoms with Gasteiger partial charge in [0.15, 0.2) is 0 Å². The summed E-state index contributed by atoms with van der Waals surface area (Å²) >= 11 is 5.79. The molecule has 118 valence electrons. The summed E-state index contributed by atoms with van der Waals surface area (Å²) in [5, 5.41) is 0.603. The van der Waals surface area contributed by atoms with Gasteiger partial charge in [-0.15, -0.1) is 0 Å². The molecule has 0 amide bonds. The van der Waals surface area contributed by atoms with Crippen LogP contribution in [0, 0.1) is 0 Å². The molecule has 0 spiro atoms. The third kappa shape index (κ3) is 3.50. The Morgan fingerprint density at radius 1 is 1.18 bits per heavy atom. The molecule has 22 heavy (non-hydrogen) atoms. The largest absolute Gasteiger partial charge is 0.462 e. The zero-order valence-corrected chi connectivity index (χ0v) is 13.2. The molecule has 0 aromatic heterocycles. The van der Waals surface area contributed by atoms with Crippen molar-refractivity contribution < 1.29 is 14.3 Å². The van der Waals surface area contributed by atoms with E-state index in [0.717, 1.165) is 25.8 Å². The van der Waals surface area contributed by atoms with Crippen LogP contribution < -0.4 is 0 Å². The van der Waals surface area contributed by atoms with Crippen LogP contribution in [0.5, 0.6) is 0 Å². The molecular weight excluding hydrogens is 302 g/mol. The van der Waals surface area contributed by atoms with Gasteiger partial charge in [0.2, 0.25) is 0 Å². The number of halogens is 1. The van der Waals surface area contributed by atoms with Crippen LogP contribution in [0.2, 0.25) is 5.02 Å². The summed E-state index contributed by atoms with van der Waals surface area (Å²) < 4.78 is 5.30. The number of hydrogen-bond donors (Lipinski definition) is 0. The smallest absolute Gasteiger partial charge is 0.338 e. The fraction of sp³-hybridized carbons (Fsp3) is 0.529. The molecule has 2 aliphatic heterocycles. The van der Waals surface area contributed by atoms with Crippen molar-refractivity contribution >= 4 is 23.4 Å². The molecule has 0 saturated carbocycles. The number of piperidine rings is 1. The molecule has 2 atom stereocenters. The molecule has 5 heteroatoms. The molecule has 1 aromatic rings. The molecular formula is C17H20ClNO3. The van der Waals surface area contributed by atoms with Crippen molar-refractivity contribution in [3.05, 3.63) is 34.9 Å². The summed E-state index contributed by atoms with van der Waals surface area (Å²) in [7, 11) is 0. The first-order valence-electron chi connectivity index (χ1n) is 7.83.